The molecule has 0 aliphatic carbocycles. The number of halogens is 1. The maximum Gasteiger partial charge on any atom is 0.250 e. The van der Waals surface area contributed by atoms with Gasteiger partial charge in [-0.3, -0.25) is 9.80 Å². The third kappa shape index (κ3) is 3.76. The van der Waals surface area contributed by atoms with Crippen LogP contribution < -0.4 is 10.7 Å². The molecule has 0 bridgehead atoms. The molecule has 0 radical (unpaired) electrons. The van der Waals surface area contributed by atoms with E-state index in [2.05, 4.69) is 10.7 Å². The first-order valence-electron chi connectivity index (χ1n) is 8.08. The van der Waals surface area contributed by atoms with Gasteiger partial charge in [-0.1, -0.05) is 32.0 Å². The van der Waals surface area contributed by atoms with Gasteiger partial charge in [-0.15, -0.1) is 0 Å². The second-order valence-electron chi connectivity index (χ2n) is 7.21. The Kier molecular flexibility index (Phi) is 5.01. The second kappa shape index (κ2) is 6.53. The molecule has 0 saturated carbocycles. The van der Waals surface area contributed by atoms with Crippen LogP contribution in [-0.2, 0) is 10.4 Å². The van der Waals surface area contributed by atoms with Gasteiger partial charge in [0.15, 0.2) is 0 Å². The summed E-state index contributed by atoms with van der Waals surface area (Å²) in [5.74, 6) is -0.606. The molecule has 1 amide bonds. The number of nitrogens with zero attached hydrogens (tertiary/aromatic N) is 1. The summed E-state index contributed by atoms with van der Waals surface area (Å²) in [7, 11) is 1.51. The fourth-order valence-corrected chi connectivity index (χ4v) is 3.10. The summed E-state index contributed by atoms with van der Waals surface area (Å²) in [6.07, 6.45) is 1.80. The molecule has 1 aliphatic heterocycles. The Morgan fingerprint density at radius 2 is 2.08 bits per heavy atom. The van der Waals surface area contributed by atoms with E-state index in [1.54, 1.807) is 32.0 Å². The van der Waals surface area contributed by atoms with E-state index in [1.807, 2.05) is 19.9 Å². The van der Waals surface area contributed by atoms with Crippen LogP contribution in [0.4, 0.5) is 10.1 Å². The SMILES string of the molecule is CC(C)CC(C)(O)c1ccccc1NC(=O)C1(C)C=C(F)N(C)N1. The normalized spacial score (nSPS) is 23.2. The Balaban J connectivity index is 2.27. The largest absolute Gasteiger partial charge is 0.385 e. The molecule has 6 heteroatoms. The Bertz CT molecular complexity index is 657. The Morgan fingerprint density at radius 3 is 2.62 bits per heavy atom. The number of nitrogens with one attached hydrogen (secondary N) is 2. The van der Waals surface area contributed by atoms with Crippen LogP contribution in [0.2, 0.25) is 0 Å². The number of hydrogen-bond acceptors (Lipinski definition) is 4. The highest BCUT2D eigenvalue weighted by atomic mass is 19.1. The fraction of sp³-hybridized carbons (Fsp3) is 0.500. The molecule has 0 aromatic heterocycles. The van der Waals surface area contributed by atoms with Crippen molar-refractivity contribution in [1.29, 1.82) is 0 Å². The quantitative estimate of drug-likeness (QED) is 0.724. The van der Waals surface area contributed by atoms with Gasteiger partial charge in [-0.2, -0.15) is 4.39 Å². The number of amides is 1. The third-order valence-electron chi connectivity index (χ3n) is 4.16. The molecule has 24 heavy (non-hydrogen) atoms. The van der Waals surface area contributed by atoms with Gasteiger partial charge in [0.25, 0.3) is 0 Å². The average Bonchev–Trinajstić information content (AvgIpc) is 2.72. The van der Waals surface area contributed by atoms with E-state index in [9.17, 15) is 14.3 Å². The first-order valence-corrected chi connectivity index (χ1v) is 8.08. The highest BCUT2D eigenvalue weighted by molar-refractivity contribution is 6.00. The molecule has 3 N–H and O–H groups in total. The number of hydrogen-bond donors (Lipinski definition) is 3. The predicted molar refractivity (Wildman–Crippen MR) is 92.6 cm³/mol. The van der Waals surface area contributed by atoms with Crippen molar-refractivity contribution in [3.8, 4) is 0 Å². The van der Waals surface area contributed by atoms with Crippen molar-refractivity contribution in [2.75, 3.05) is 12.4 Å². The van der Waals surface area contributed by atoms with Crippen molar-refractivity contribution in [1.82, 2.24) is 10.4 Å². The molecule has 1 aromatic rings. The number of rotatable bonds is 5. The zero-order valence-corrected chi connectivity index (χ0v) is 14.9. The van der Waals surface area contributed by atoms with E-state index in [4.69, 9.17) is 0 Å². The first kappa shape index (κ1) is 18.4. The highest BCUT2D eigenvalue weighted by Crippen LogP contribution is 2.34. The summed E-state index contributed by atoms with van der Waals surface area (Å²) in [4.78, 5) is 12.6. The van der Waals surface area contributed by atoms with E-state index in [0.717, 1.165) is 0 Å². The maximum atomic E-state index is 13.6. The predicted octanol–water partition coefficient (Wildman–Crippen LogP) is 2.90. The van der Waals surface area contributed by atoms with E-state index < -0.39 is 23.0 Å². The average molecular weight is 335 g/mol. The summed E-state index contributed by atoms with van der Waals surface area (Å²) >= 11 is 0. The smallest absolute Gasteiger partial charge is 0.250 e. The molecular formula is C18H26FN3O2. The lowest BCUT2D eigenvalue weighted by molar-refractivity contribution is -0.120. The lowest BCUT2D eigenvalue weighted by Crippen LogP contribution is -2.51. The summed E-state index contributed by atoms with van der Waals surface area (Å²) in [6.45, 7) is 7.40. The van der Waals surface area contributed by atoms with Crippen LogP contribution in [0.25, 0.3) is 0 Å². The monoisotopic (exact) mass is 335 g/mol. The van der Waals surface area contributed by atoms with Crippen LogP contribution >= 0.6 is 0 Å². The van der Waals surface area contributed by atoms with Gasteiger partial charge in [-0.25, -0.2) is 5.43 Å². The number of carbonyl (C=O) groups is 1. The summed E-state index contributed by atoms with van der Waals surface area (Å²) in [5, 5.41) is 14.8. The zero-order valence-electron chi connectivity index (χ0n) is 14.9. The minimum absolute atomic E-state index is 0.295. The number of benzene rings is 1. The molecule has 1 aromatic carbocycles. The third-order valence-corrected chi connectivity index (χ3v) is 4.16. The van der Waals surface area contributed by atoms with Gasteiger partial charge in [0.2, 0.25) is 11.9 Å². The van der Waals surface area contributed by atoms with Crippen LogP contribution in [0.1, 0.15) is 39.7 Å². The Morgan fingerprint density at radius 1 is 1.46 bits per heavy atom. The van der Waals surface area contributed by atoms with Crippen LogP contribution in [0.5, 0.6) is 0 Å². The number of aliphatic hydroxyl groups is 1. The maximum absolute atomic E-state index is 13.6. The van der Waals surface area contributed by atoms with Crippen LogP contribution in [0.15, 0.2) is 36.3 Å². The van der Waals surface area contributed by atoms with E-state index in [-0.39, 0.29) is 0 Å². The lowest BCUT2D eigenvalue weighted by atomic mass is 9.86. The molecule has 1 heterocycles. The molecule has 5 nitrogen and oxygen atoms in total. The number of carbonyl (C=O) groups excluding carboxylic acids is 1. The zero-order chi connectivity index (χ0) is 18.1. The summed E-state index contributed by atoms with van der Waals surface area (Å²) < 4.78 is 13.6. The van der Waals surface area contributed by atoms with Crippen molar-refractivity contribution in [3.05, 3.63) is 41.9 Å². The minimum Gasteiger partial charge on any atom is -0.385 e. The molecule has 2 atom stereocenters. The molecule has 132 valence electrons. The van der Waals surface area contributed by atoms with Gasteiger partial charge in [-0.05, 0) is 32.3 Å². The van der Waals surface area contributed by atoms with Gasteiger partial charge < -0.3 is 10.4 Å². The van der Waals surface area contributed by atoms with Gasteiger partial charge in [0.1, 0.15) is 5.54 Å². The Hall–Kier alpha value is -1.92. The van der Waals surface area contributed by atoms with Crippen molar-refractivity contribution in [3.63, 3.8) is 0 Å². The number of para-hydroxylation sites is 1. The lowest BCUT2D eigenvalue weighted by Gasteiger charge is -2.30. The topological polar surface area (TPSA) is 64.6 Å². The number of hydrazine groups is 1. The number of anilines is 1. The molecule has 0 saturated heterocycles. The molecule has 0 fully saturated rings. The highest BCUT2D eigenvalue weighted by Gasteiger charge is 2.39. The van der Waals surface area contributed by atoms with Crippen LogP contribution in [0, 0.1) is 5.92 Å². The fourth-order valence-electron chi connectivity index (χ4n) is 3.10. The van der Waals surface area contributed by atoms with Crippen LogP contribution in [0.3, 0.4) is 0 Å². The van der Waals surface area contributed by atoms with Gasteiger partial charge in [0, 0.05) is 24.4 Å². The Labute approximate surface area is 142 Å². The molecule has 2 rings (SSSR count). The van der Waals surface area contributed by atoms with Gasteiger partial charge >= 0.3 is 0 Å². The molecule has 1 aliphatic rings. The van der Waals surface area contributed by atoms with Crippen molar-refractivity contribution < 1.29 is 14.3 Å². The molecule has 2 unspecified atom stereocenters. The first-order chi connectivity index (χ1) is 11.0. The summed E-state index contributed by atoms with van der Waals surface area (Å²) in [5.41, 5.74) is 1.70. The molecule has 0 spiro atoms. The van der Waals surface area contributed by atoms with E-state index >= 15 is 0 Å². The van der Waals surface area contributed by atoms with Crippen LogP contribution in [-0.4, -0.2) is 28.6 Å². The molecular weight excluding hydrogens is 309 g/mol. The van der Waals surface area contributed by atoms with Gasteiger partial charge in [0.05, 0.1) is 5.60 Å². The standard InChI is InChI=1S/C18H26FN3O2/c1-12(2)10-18(4,24)13-8-6-7-9-14(13)20-16(23)17(3)11-15(19)22(5)21-17/h6-9,11-12,21,24H,10H2,1-5H3,(H,20,23). The van der Waals surface area contributed by atoms with E-state index in [1.165, 1.54) is 18.1 Å². The van der Waals surface area contributed by atoms with Crippen molar-refractivity contribution in [2.45, 2.75) is 45.3 Å². The second-order valence-corrected chi connectivity index (χ2v) is 7.21. The minimum atomic E-state index is -1.18. The van der Waals surface area contributed by atoms with E-state index in [0.29, 0.717) is 23.6 Å². The van der Waals surface area contributed by atoms with Crippen molar-refractivity contribution in [2.24, 2.45) is 5.92 Å². The summed E-state index contributed by atoms with van der Waals surface area (Å²) in [6, 6.07) is 7.15. The van der Waals surface area contributed by atoms with Crippen molar-refractivity contribution >= 4 is 11.6 Å².